The van der Waals surface area contributed by atoms with Gasteiger partial charge in [0.05, 0.1) is 12.2 Å². The monoisotopic (exact) mass is 510 g/mol. The molecule has 2 aromatic heterocycles. The number of carbonyl (C=O) groups is 2. The first-order valence-corrected chi connectivity index (χ1v) is 13.0. The Morgan fingerprint density at radius 3 is 1.94 bits per heavy atom. The zero-order chi connectivity index (χ0) is 26.6. The van der Waals surface area contributed by atoms with Crippen LogP contribution in [0.15, 0.2) is 55.0 Å². The number of thioether (sulfide) groups is 1. The number of nitrogens with zero attached hydrogens (tertiary/aromatic N) is 3. The van der Waals surface area contributed by atoms with Crippen LogP contribution in [0.1, 0.15) is 47.3 Å². The molecule has 3 N–H and O–H groups in total. The highest BCUT2D eigenvalue weighted by Crippen LogP contribution is 2.16. The molecule has 9 nitrogen and oxygen atoms in total. The molecule has 1 aromatic carbocycles. The third kappa shape index (κ3) is 10.0. The Balaban J connectivity index is 0.00000145. The van der Waals surface area contributed by atoms with Crippen LogP contribution < -0.4 is 16.0 Å². The Morgan fingerprint density at radius 1 is 0.861 bits per heavy atom. The summed E-state index contributed by atoms with van der Waals surface area (Å²) in [4.78, 5) is 37.7. The number of benzene rings is 1. The number of pyridine rings is 1. The summed E-state index contributed by atoms with van der Waals surface area (Å²) in [5, 5.41) is 8.65. The molecule has 0 atom stereocenters. The van der Waals surface area contributed by atoms with Gasteiger partial charge in [0.2, 0.25) is 0 Å². The molecule has 36 heavy (non-hydrogen) atoms. The molecule has 0 aliphatic carbocycles. The molecule has 0 saturated heterocycles. The summed E-state index contributed by atoms with van der Waals surface area (Å²) >= 11 is 1.75. The molecule has 0 bridgehead atoms. The Labute approximate surface area is 216 Å². The van der Waals surface area contributed by atoms with Gasteiger partial charge in [-0.3, -0.25) is 9.59 Å². The van der Waals surface area contributed by atoms with Crippen molar-refractivity contribution in [3.63, 3.8) is 0 Å². The van der Waals surface area contributed by atoms with Gasteiger partial charge in [-0.15, -0.1) is 0 Å². The zero-order valence-corrected chi connectivity index (χ0v) is 22.4. The average molecular weight is 511 g/mol. The van der Waals surface area contributed by atoms with Crippen LogP contribution in [-0.4, -0.2) is 58.0 Å². The van der Waals surface area contributed by atoms with E-state index in [1.54, 1.807) is 36.2 Å². The number of amides is 2. The van der Waals surface area contributed by atoms with Crippen molar-refractivity contribution in [3.05, 3.63) is 71.9 Å². The number of carbonyl (C=O) groups excluding carboxylic acids is 2. The van der Waals surface area contributed by atoms with Crippen LogP contribution in [0.25, 0.3) is 0 Å². The van der Waals surface area contributed by atoms with E-state index in [9.17, 15) is 9.59 Å². The number of aryl methyl sites for hydroxylation is 1. The van der Waals surface area contributed by atoms with Crippen LogP contribution in [-0.2, 0) is 4.74 Å². The summed E-state index contributed by atoms with van der Waals surface area (Å²) in [7, 11) is 0. The van der Waals surface area contributed by atoms with Gasteiger partial charge in [-0.05, 0) is 76.1 Å². The third-order valence-electron chi connectivity index (χ3n) is 4.39. The number of nitrogens with one attached hydrogen (secondary N) is 3. The minimum Gasteiger partial charge on any atom is -0.383 e. The van der Waals surface area contributed by atoms with E-state index in [1.165, 1.54) is 12.4 Å². The maximum Gasteiger partial charge on any atom is 0.277 e. The quantitative estimate of drug-likeness (QED) is 0.367. The van der Waals surface area contributed by atoms with Gasteiger partial charge < -0.3 is 20.7 Å². The summed E-state index contributed by atoms with van der Waals surface area (Å²) in [6.07, 6.45) is 8.44. The fourth-order valence-corrected chi connectivity index (χ4v) is 2.80. The van der Waals surface area contributed by atoms with Crippen LogP contribution in [0.2, 0.25) is 0 Å². The first-order chi connectivity index (χ1) is 17.1. The number of rotatable bonds is 8. The first-order valence-electron chi connectivity index (χ1n) is 11.4. The second kappa shape index (κ2) is 14.2. The minimum atomic E-state index is -0.568. The van der Waals surface area contributed by atoms with Crippen molar-refractivity contribution in [2.24, 2.45) is 0 Å². The van der Waals surface area contributed by atoms with Crippen LogP contribution in [0.3, 0.4) is 0 Å². The molecular weight excluding hydrogens is 476 g/mol. The number of anilines is 3. The Morgan fingerprint density at radius 2 is 1.42 bits per heavy atom. The molecule has 0 saturated carbocycles. The maximum atomic E-state index is 12.8. The molecule has 2 amide bonds. The Hall–Kier alpha value is -3.50. The van der Waals surface area contributed by atoms with E-state index in [0.717, 1.165) is 11.3 Å². The lowest BCUT2D eigenvalue weighted by atomic mass is 10.2. The van der Waals surface area contributed by atoms with Gasteiger partial charge in [0.15, 0.2) is 11.4 Å². The largest absolute Gasteiger partial charge is 0.383 e. The average Bonchev–Trinajstić information content (AvgIpc) is 2.84. The van der Waals surface area contributed by atoms with Crippen molar-refractivity contribution in [1.29, 1.82) is 0 Å². The van der Waals surface area contributed by atoms with E-state index >= 15 is 0 Å². The summed E-state index contributed by atoms with van der Waals surface area (Å²) < 4.78 is 5.68. The molecule has 2 heterocycles. The number of aromatic nitrogens is 3. The van der Waals surface area contributed by atoms with Crippen LogP contribution in [0.4, 0.5) is 17.2 Å². The molecule has 0 fully saturated rings. The number of hydrogen-bond acceptors (Lipinski definition) is 8. The van der Waals surface area contributed by atoms with Crippen LogP contribution in [0, 0.1) is 6.92 Å². The number of hydrogen-bond donors (Lipinski definition) is 3. The zero-order valence-electron chi connectivity index (χ0n) is 21.6. The van der Waals surface area contributed by atoms with Gasteiger partial charge in [-0.1, -0.05) is 6.07 Å². The summed E-state index contributed by atoms with van der Waals surface area (Å²) in [6, 6.07) is 10.7. The fraction of sp³-hybridized carbons (Fsp3) is 0.346. The van der Waals surface area contributed by atoms with Gasteiger partial charge in [0, 0.05) is 36.5 Å². The molecule has 3 rings (SSSR count). The lowest BCUT2D eigenvalue weighted by molar-refractivity contribution is 0.00333. The van der Waals surface area contributed by atoms with Crippen LogP contribution in [0.5, 0.6) is 0 Å². The SMILES string of the molecule is CSC.Cc1ccc(NC(=O)c2nccnc2C(=O)Nc2ccc(NCCOC(C)(C)C)cc2)nc1. The third-order valence-corrected chi connectivity index (χ3v) is 4.39. The van der Waals surface area contributed by atoms with Crippen molar-refractivity contribution < 1.29 is 14.3 Å². The van der Waals surface area contributed by atoms with Gasteiger partial charge in [0.25, 0.3) is 11.8 Å². The summed E-state index contributed by atoms with van der Waals surface area (Å²) in [5.74, 6) is -0.746. The second-order valence-electron chi connectivity index (χ2n) is 8.76. The molecule has 0 spiro atoms. The highest BCUT2D eigenvalue weighted by molar-refractivity contribution is 7.97. The summed E-state index contributed by atoms with van der Waals surface area (Å²) in [6.45, 7) is 9.17. The van der Waals surface area contributed by atoms with Crippen molar-refractivity contribution in [3.8, 4) is 0 Å². The Kier molecular flexibility index (Phi) is 11.3. The molecule has 0 aliphatic rings. The highest BCUT2D eigenvalue weighted by Gasteiger charge is 2.20. The van der Waals surface area contributed by atoms with Crippen molar-refractivity contribution in [2.75, 3.05) is 41.6 Å². The van der Waals surface area contributed by atoms with E-state index in [-0.39, 0.29) is 17.0 Å². The van der Waals surface area contributed by atoms with Crippen molar-refractivity contribution >= 4 is 40.8 Å². The topological polar surface area (TPSA) is 118 Å². The van der Waals surface area contributed by atoms with Crippen LogP contribution >= 0.6 is 11.8 Å². The second-order valence-corrected chi connectivity index (χ2v) is 9.57. The minimum absolute atomic E-state index is 0.0800. The van der Waals surface area contributed by atoms with Gasteiger partial charge in [0.1, 0.15) is 5.82 Å². The standard InChI is InChI=1S/C24H28N6O3.C2H6S/c1-16-5-10-19(28-15-16)30-23(32)21-20(26-11-12-27-21)22(31)29-18-8-6-17(7-9-18)25-13-14-33-24(2,3)4;1-3-2/h5-12,15,25H,13-14H2,1-4H3,(H,29,31)(H,28,30,32);1-2H3. The number of ether oxygens (including phenoxy) is 1. The molecule has 0 radical (unpaired) electrons. The van der Waals surface area contributed by atoms with E-state index < -0.39 is 11.8 Å². The molecule has 3 aromatic rings. The fourth-order valence-electron chi connectivity index (χ4n) is 2.80. The molecular formula is C26H34N6O3S. The lowest BCUT2D eigenvalue weighted by Gasteiger charge is -2.19. The molecule has 192 valence electrons. The van der Waals surface area contributed by atoms with E-state index in [4.69, 9.17) is 4.74 Å². The van der Waals surface area contributed by atoms with Crippen molar-refractivity contribution in [2.45, 2.75) is 33.3 Å². The summed E-state index contributed by atoms with van der Waals surface area (Å²) in [5.41, 5.74) is 2.08. The van der Waals surface area contributed by atoms with E-state index in [0.29, 0.717) is 24.7 Å². The van der Waals surface area contributed by atoms with Gasteiger partial charge in [-0.2, -0.15) is 11.8 Å². The molecule has 0 unspecified atom stereocenters. The maximum absolute atomic E-state index is 12.8. The smallest absolute Gasteiger partial charge is 0.277 e. The molecule has 10 heteroatoms. The normalized spacial score (nSPS) is 10.6. The van der Waals surface area contributed by atoms with E-state index in [1.807, 2.05) is 58.4 Å². The van der Waals surface area contributed by atoms with Crippen molar-refractivity contribution in [1.82, 2.24) is 15.0 Å². The van der Waals surface area contributed by atoms with Gasteiger partial charge >= 0.3 is 0 Å². The highest BCUT2D eigenvalue weighted by atomic mass is 32.2. The Bertz CT molecular complexity index is 1120. The lowest BCUT2D eigenvalue weighted by Crippen LogP contribution is -2.23. The predicted molar refractivity (Wildman–Crippen MR) is 147 cm³/mol. The van der Waals surface area contributed by atoms with E-state index in [2.05, 4.69) is 30.9 Å². The first kappa shape index (κ1) is 28.7. The molecule has 0 aliphatic heterocycles. The predicted octanol–water partition coefficient (Wildman–Crippen LogP) is 4.89. The van der Waals surface area contributed by atoms with Gasteiger partial charge in [-0.25, -0.2) is 15.0 Å².